The van der Waals surface area contributed by atoms with E-state index >= 15 is 0 Å². The van der Waals surface area contributed by atoms with E-state index in [4.69, 9.17) is 4.74 Å². The van der Waals surface area contributed by atoms with E-state index in [-0.39, 0.29) is 24.4 Å². The van der Waals surface area contributed by atoms with Gasteiger partial charge in [0.1, 0.15) is 23.6 Å². The molecular formula is C39H36N10O4. The summed E-state index contributed by atoms with van der Waals surface area (Å²) in [5.74, 6) is -1.11. The fraction of sp³-hybridized carbons (Fsp3) is 0.231. The van der Waals surface area contributed by atoms with E-state index in [0.717, 1.165) is 39.3 Å². The van der Waals surface area contributed by atoms with Gasteiger partial charge in [-0.25, -0.2) is 24.0 Å². The van der Waals surface area contributed by atoms with Gasteiger partial charge in [-0.1, -0.05) is 29.5 Å². The number of carbonyl (C=O) groups excluding carboxylic acids is 3. The number of likely N-dealkylation sites (tertiary alicyclic amines) is 1. The van der Waals surface area contributed by atoms with Crippen LogP contribution in [0.2, 0.25) is 0 Å². The summed E-state index contributed by atoms with van der Waals surface area (Å²) in [5.41, 5.74) is 9.78. The van der Waals surface area contributed by atoms with Crippen molar-refractivity contribution in [2.75, 3.05) is 19.0 Å². The Hall–Kier alpha value is -6.70. The van der Waals surface area contributed by atoms with Crippen molar-refractivity contribution in [3.05, 3.63) is 119 Å². The monoisotopic (exact) mass is 708 g/mol. The third kappa shape index (κ3) is 6.07. The van der Waals surface area contributed by atoms with Crippen molar-refractivity contribution in [1.82, 2.24) is 44.0 Å². The van der Waals surface area contributed by atoms with Crippen LogP contribution in [0.1, 0.15) is 55.7 Å². The average Bonchev–Trinajstić information content (AvgIpc) is 3.97. The number of hydrogen-bond acceptors (Lipinski definition) is 9. The first kappa shape index (κ1) is 33.4. The van der Waals surface area contributed by atoms with Crippen molar-refractivity contribution in [2.45, 2.75) is 46.2 Å². The molecule has 5 heterocycles. The van der Waals surface area contributed by atoms with Gasteiger partial charge in [-0.15, -0.1) is 5.10 Å². The van der Waals surface area contributed by atoms with E-state index < -0.39 is 12.0 Å². The molecule has 0 bridgehead atoms. The fourth-order valence-corrected chi connectivity index (χ4v) is 7.01. The molecule has 0 aliphatic carbocycles. The Morgan fingerprint density at radius 1 is 0.943 bits per heavy atom. The van der Waals surface area contributed by atoms with Crippen LogP contribution in [0.3, 0.4) is 0 Å². The molecule has 14 heteroatoms. The Balaban J connectivity index is 0.982. The highest BCUT2D eigenvalue weighted by Gasteiger charge is 2.42. The maximum Gasteiger partial charge on any atom is 0.328 e. The molecule has 3 aromatic carbocycles. The lowest BCUT2D eigenvalue weighted by Crippen LogP contribution is -2.41. The van der Waals surface area contributed by atoms with Gasteiger partial charge in [0.25, 0.3) is 11.8 Å². The van der Waals surface area contributed by atoms with E-state index in [9.17, 15) is 14.4 Å². The number of aromatic nitrogens is 8. The number of carbonyl (C=O) groups is 3. The molecule has 0 radical (unpaired) electrons. The van der Waals surface area contributed by atoms with Crippen molar-refractivity contribution in [1.29, 1.82) is 0 Å². The van der Waals surface area contributed by atoms with Crippen LogP contribution < -0.4 is 5.32 Å². The van der Waals surface area contributed by atoms with Crippen molar-refractivity contribution in [3.63, 3.8) is 0 Å². The first-order valence-electron chi connectivity index (χ1n) is 17.2. The number of esters is 1. The van der Waals surface area contributed by atoms with E-state index in [1.165, 1.54) is 13.3 Å². The number of hydrogen-bond donors (Lipinski definition) is 1. The SMILES string of the molecule is COC(=O)[C@@H]1C[C@H](n2cc(-c3ccc(NC(=O)c4cnn5c(C)cc(C)nc45)cc3)nn2)CN1C(=O)c1ccc2c(c1)ncn2-c1cc(C)ccc1C. The lowest BCUT2D eigenvalue weighted by Gasteiger charge is -2.22. The minimum atomic E-state index is -0.799. The number of benzene rings is 3. The Labute approximate surface area is 304 Å². The highest BCUT2D eigenvalue weighted by atomic mass is 16.5. The summed E-state index contributed by atoms with van der Waals surface area (Å²) in [4.78, 5) is 50.7. The number of ether oxygens (including phenoxy) is 1. The van der Waals surface area contributed by atoms with Crippen LogP contribution in [0.25, 0.3) is 33.6 Å². The van der Waals surface area contributed by atoms with Gasteiger partial charge >= 0.3 is 5.97 Å². The molecule has 14 nitrogen and oxygen atoms in total. The van der Waals surface area contributed by atoms with E-state index in [2.05, 4.69) is 55.8 Å². The molecule has 4 aromatic heterocycles. The second kappa shape index (κ2) is 13.1. The molecule has 8 rings (SSSR count). The number of methoxy groups -OCH3 is 1. The molecule has 53 heavy (non-hydrogen) atoms. The van der Waals surface area contributed by atoms with Gasteiger partial charge in [-0.05, 0) is 81.3 Å². The molecule has 0 unspecified atom stereocenters. The van der Waals surface area contributed by atoms with Crippen molar-refractivity contribution < 1.29 is 19.1 Å². The first-order valence-corrected chi connectivity index (χ1v) is 17.2. The predicted molar refractivity (Wildman–Crippen MR) is 197 cm³/mol. The standard InChI is InChI=1S/C39H36N10O4/c1-22-6-7-23(2)34(14-22)47-21-40-31-16-27(10-13-33(31)47)38(51)46-19-29(17-35(46)39(52)53-5)48-20-32(44-45-48)26-8-11-28(12-9-26)43-37(50)30-18-41-49-25(4)15-24(3)42-36(30)49/h6-16,18,20-21,29,35H,17,19H2,1-5H3,(H,43,50)/t29-,35-/m0/s1. The molecule has 266 valence electrons. The number of nitrogens with one attached hydrogen (secondary N) is 1. The molecule has 1 saturated heterocycles. The molecule has 7 aromatic rings. The maximum atomic E-state index is 14.0. The Morgan fingerprint density at radius 3 is 2.55 bits per heavy atom. The predicted octanol–water partition coefficient (Wildman–Crippen LogP) is 5.44. The first-order chi connectivity index (χ1) is 25.6. The van der Waals surface area contributed by atoms with Crippen LogP contribution in [0, 0.1) is 27.7 Å². The quantitative estimate of drug-likeness (QED) is 0.213. The normalized spacial score (nSPS) is 15.7. The number of anilines is 1. The molecule has 1 aliphatic rings. The van der Waals surface area contributed by atoms with Crippen molar-refractivity contribution in [2.24, 2.45) is 0 Å². The van der Waals surface area contributed by atoms with Gasteiger partial charge in [0, 0.05) is 41.2 Å². The highest BCUT2D eigenvalue weighted by Crippen LogP contribution is 2.32. The Bertz CT molecular complexity index is 2570. The molecule has 2 amide bonds. The summed E-state index contributed by atoms with van der Waals surface area (Å²) in [5, 5.41) is 16.0. The van der Waals surface area contributed by atoms with Crippen LogP contribution in [0.5, 0.6) is 0 Å². The van der Waals surface area contributed by atoms with Gasteiger partial charge < -0.3 is 15.0 Å². The summed E-state index contributed by atoms with van der Waals surface area (Å²) < 4.78 is 10.5. The van der Waals surface area contributed by atoms with E-state index in [0.29, 0.717) is 40.1 Å². The topological polar surface area (TPSA) is 154 Å². The van der Waals surface area contributed by atoms with E-state index in [1.54, 1.807) is 50.9 Å². The fourth-order valence-electron chi connectivity index (χ4n) is 7.01. The van der Waals surface area contributed by atoms with Gasteiger partial charge in [0.2, 0.25) is 0 Å². The smallest absolute Gasteiger partial charge is 0.328 e. The molecule has 0 spiro atoms. The summed E-state index contributed by atoms with van der Waals surface area (Å²) in [6.07, 6.45) is 5.38. The van der Waals surface area contributed by atoms with Gasteiger partial charge in [0.05, 0.1) is 42.3 Å². The van der Waals surface area contributed by atoms with Gasteiger partial charge in [-0.3, -0.25) is 14.2 Å². The minimum Gasteiger partial charge on any atom is -0.467 e. The van der Waals surface area contributed by atoms with Gasteiger partial charge in [0.15, 0.2) is 5.65 Å². The van der Waals surface area contributed by atoms with Crippen LogP contribution >= 0.6 is 0 Å². The molecule has 1 fully saturated rings. The molecule has 2 atom stereocenters. The second-order valence-corrected chi connectivity index (χ2v) is 13.4. The van der Waals surface area contributed by atoms with E-state index in [1.807, 2.05) is 49.6 Å². The zero-order valence-corrected chi connectivity index (χ0v) is 29.8. The number of imidazole rings is 1. The third-order valence-electron chi connectivity index (χ3n) is 9.78. The van der Waals surface area contributed by atoms with Crippen LogP contribution in [-0.2, 0) is 9.53 Å². The largest absolute Gasteiger partial charge is 0.467 e. The second-order valence-electron chi connectivity index (χ2n) is 13.4. The van der Waals surface area contributed by atoms with Gasteiger partial charge in [-0.2, -0.15) is 5.10 Å². The highest BCUT2D eigenvalue weighted by molar-refractivity contribution is 6.08. The maximum absolute atomic E-state index is 14.0. The summed E-state index contributed by atoms with van der Waals surface area (Å²) in [7, 11) is 1.32. The van der Waals surface area contributed by atoms with Crippen LogP contribution in [0.4, 0.5) is 5.69 Å². The Morgan fingerprint density at radius 2 is 1.75 bits per heavy atom. The lowest BCUT2D eigenvalue weighted by atomic mass is 10.1. The van der Waals surface area contributed by atoms with Crippen LogP contribution in [0.15, 0.2) is 85.5 Å². The lowest BCUT2D eigenvalue weighted by molar-refractivity contribution is -0.145. The summed E-state index contributed by atoms with van der Waals surface area (Å²) >= 11 is 0. The number of aryl methyl sites for hydroxylation is 4. The van der Waals surface area contributed by atoms with Crippen molar-refractivity contribution >= 4 is 40.2 Å². The molecular weight excluding hydrogens is 672 g/mol. The number of fused-ring (bicyclic) bond motifs is 2. The average molecular weight is 709 g/mol. The van der Waals surface area contributed by atoms with Crippen molar-refractivity contribution in [3.8, 4) is 16.9 Å². The number of rotatable bonds is 7. The summed E-state index contributed by atoms with van der Waals surface area (Å²) in [6.45, 7) is 8.12. The summed E-state index contributed by atoms with van der Waals surface area (Å²) in [6, 6.07) is 19.7. The molecule has 1 N–H and O–H groups in total. The zero-order chi connectivity index (χ0) is 37.0. The number of amides is 2. The number of nitrogens with zero attached hydrogens (tertiary/aromatic N) is 9. The van der Waals surface area contributed by atoms with Crippen LogP contribution in [-0.4, -0.2) is 81.5 Å². The Kier molecular flexibility index (Phi) is 8.28. The zero-order valence-electron chi connectivity index (χ0n) is 29.8. The minimum absolute atomic E-state index is 0.235. The third-order valence-corrected chi connectivity index (χ3v) is 9.78. The molecule has 1 aliphatic heterocycles. The molecule has 0 saturated carbocycles.